The molecule has 0 aromatic carbocycles. The SMILES string of the molecule is Cc1nn(C(C)C)cc1CN(Cc1ccsc1)C1CC12CCNCC2. The van der Waals surface area contributed by atoms with Crippen LogP contribution in [-0.2, 0) is 13.1 Å². The normalized spacial score (nSPS) is 22.2. The van der Waals surface area contributed by atoms with Crippen molar-refractivity contribution in [2.45, 2.75) is 65.2 Å². The molecule has 1 aliphatic heterocycles. The van der Waals surface area contributed by atoms with Crippen molar-refractivity contribution < 1.29 is 0 Å². The van der Waals surface area contributed by atoms with Gasteiger partial charge in [-0.1, -0.05) is 0 Å². The Morgan fingerprint density at radius 1 is 1.36 bits per heavy atom. The minimum Gasteiger partial charge on any atom is -0.317 e. The largest absolute Gasteiger partial charge is 0.317 e. The summed E-state index contributed by atoms with van der Waals surface area (Å²) in [6.45, 7) is 11.0. The number of rotatable bonds is 6. The first kappa shape index (κ1) is 17.3. The van der Waals surface area contributed by atoms with Gasteiger partial charge in [0.25, 0.3) is 0 Å². The number of aryl methyl sites for hydroxylation is 1. The number of piperidine rings is 1. The molecular weight excluding hydrogens is 328 g/mol. The van der Waals surface area contributed by atoms with E-state index in [9.17, 15) is 0 Å². The second kappa shape index (κ2) is 6.86. The Labute approximate surface area is 155 Å². The molecular formula is C20H30N4S. The summed E-state index contributed by atoms with van der Waals surface area (Å²) in [7, 11) is 0. The van der Waals surface area contributed by atoms with Crippen molar-refractivity contribution in [3.05, 3.63) is 39.8 Å². The average Bonchev–Trinajstić information content (AvgIpc) is 2.95. The maximum atomic E-state index is 4.73. The zero-order chi connectivity index (χ0) is 17.4. The van der Waals surface area contributed by atoms with E-state index in [1.54, 1.807) is 11.3 Å². The van der Waals surface area contributed by atoms with Gasteiger partial charge in [-0.15, -0.1) is 0 Å². The summed E-state index contributed by atoms with van der Waals surface area (Å²) < 4.78 is 2.11. The summed E-state index contributed by atoms with van der Waals surface area (Å²) in [5.74, 6) is 0. The predicted molar refractivity (Wildman–Crippen MR) is 104 cm³/mol. The summed E-state index contributed by atoms with van der Waals surface area (Å²) in [5, 5.41) is 12.8. The van der Waals surface area contributed by atoms with Gasteiger partial charge in [0, 0.05) is 36.9 Å². The third-order valence-electron chi connectivity index (χ3n) is 6.07. The Morgan fingerprint density at radius 3 is 2.80 bits per heavy atom. The molecule has 2 aromatic heterocycles. The topological polar surface area (TPSA) is 33.1 Å². The minimum atomic E-state index is 0.425. The number of aromatic nitrogens is 2. The van der Waals surface area contributed by atoms with Gasteiger partial charge in [-0.2, -0.15) is 16.4 Å². The molecule has 4 rings (SSSR count). The standard InChI is InChI=1S/C20H30N4S/c1-15(2)24-13-18(16(3)22-24)12-23(11-17-4-9-25-14-17)19-10-20(19)5-7-21-8-6-20/h4,9,13-15,19,21H,5-8,10-12H2,1-3H3. The second-order valence-electron chi connectivity index (χ2n) is 8.18. The fraction of sp³-hybridized carbons (Fsp3) is 0.650. The Kier molecular flexibility index (Phi) is 4.73. The monoisotopic (exact) mass is 358 g/mol. The van der Waals surface area contributed by atoms with Gasteiger partial charge < -0.3 is 5.32 Å². The molecule has 0 amide bonds. The molecule has 4 nitrogen and oxygen atoms in total. The van der Waals surface area contributed by atoms with Gasteiger partial charge in [-0.05, 0) is 80.9 Å². The molecule has 2 aliphatic rings. The maximum absolute atomic E-state index is 4.73. The molecule has 5 heteroatoms. The molecule has 2 aromatic rings. The van der Waals surface area contributed by atoms with Gasteiger partial charge in [-0.3, -0.25) is 9.58 Å². The molecule has 1 atom stereocenters. The van der Waals surface area contributed by atoms with Crippen LogP contribution >= 0.6 is 11.3 Å². The molecule has 25 heavy (non-hydrogen) atoms. The van der Waals surface area contributed by atoms with Crippen molar-refractivity contribution in [3.63, 3.8) is 0 Å². The van der Waals surface area contributed by atoms with Crippen LogP contribution in [0.1, 0.15) is 56.0 Å². The Hall–Kier alpha value is -1.17. The van der Waals surface area contributed by atoms with Crippen LogP contribution in [-0.4, -0.2) is 33.8 Å². The first-order valence-electron chi connectivity index (χ1n) is 9.58. The van der Waals surface area contributed by atoms with Gasteiger partial charge in [0.2, 0.25) is 0 Å². The highest BCUT2D eigenvalue weighted by Crippen LogP contribution is 2.56. The van der Waals surface area contributed by atoms with Gasteiger partial charge >= 0.3 is 0 Å². The number of nitrogens with zero attached hydrogens (tertiary/aromatic N) is 3. The molecule has 1 aliphatic carbocycles. The molecule has 0 radical (unpaired) electrons. The molecule has 0 bridgehead atoms. The van der Waals surface area contributed by atoms with E-state index in [0.717, 1.165) is 19.1 Å². The predicted octanol–water partition coefficient (Wildman–Crippen LogP) is 3.98. The van der Waals surface area contributed by atoms with E-state index in [1.807, 2.05) is 0 Å². The van der Waals surface area contributed by atoms with Crippen LogP contribution in [0.15, 0.2) is 23.0 Å². The zero-order valence-corrected chi connectivity index (χ0v) is 16.5. The molecule has 1 N–H and O–H groups in total. The highest BCUT2D eigenvalue weighted by Gasteiger charge is 2.56. The van der Waals surface area contributed by atoms with E-state index in [0.29, 0.717) is 11.5 Å². The van der Waals surface area contributed by atoms with Crippen LogP contribution in [0.4, 0.5) is 0 Å². The molecule has 1 spiro atoms. The highest BCUT2D eigenvalue weighted by atomic mass is 32.1. The fourth-order valence-corrected chi connectivity index (χ4v) is 5.02. The van der Waals surface area contributed by atoms with Crippen LogP contribution < -0.4 is 5.32 Å². The number of thiophene rings is 1. The lowest BCUT2D eigenvalue weighted by Gasteiger charge is -2.29. The van der Waals surface area contributed by atoms with Crippen molar-refractivity contribution >= 4 is 11.3 Å². The van der Waals surface area contributed by atoms with Gasteiger partial charge in [0.15, 0.2) is 0 Å². The quantitative estimate of drug-likeness (QED) is 0.848. The average molecular weight is 359 g/mol. The summed E-state index contributed by atoms with van der Waals surface area (Å²) >= 11 is 1.81. The zero-order valence-electron chi connectivity index (χ0n) is 15.7. The van der Waals surface area contributed by atoms with Gasteiger partial charge in [-0.25, -0.2) is 0 Å². The van der Waals surface area contributed by atoms with Crippen molar-refractivity contribution in [1.82, 2.24) is 20.0 Å². The van der Waals surface area contributed by atoms with Crippen molar-refractivity contribution in [1.29, 1.82) is 0 Å². The van der Waals surface area contributed by atoms with E-state index in [1.165, 1.54) is 49.2 Å². The summed E-state index contributed by atoms with van der Waals surface area (Å²) in [4.78, 5) is 2.72. The third-order valence-corrected chi connectivity index (χ3v) is 6.81. The van der Waals surface area contributed by atoms with Crippen LogP contribution in [0, 0.1) is 12.3 Å². The molecule has 1 saturated heterocycles. The smallest absolute Gasteiger partial charge is 0.0638 e. The highest BCUT2D eigenvalue weighted by molar-refractivity contribution is 7.07. The number of hydrogen-bond acceptors (Lipinski definition) is 4. The fourth-order valence-electron chi connectivity index (χ4n) is 4.36. The Morgan fingerprint density at radius 2 is 2.16 bits per heavy atom. The van der Waals surface area contributed by atoms with Crippen molar-refractivity contribution in [2.24, 2.45) is 5.41 Å². The first-order valence-corrected chi connectivity index (χ1v) is 10.5. The van der Waals surface area contributed by atoms with Gasteiger partial charge in [0.1, 0.15) is 0 Å². The summed E-state index contributed by atoms with van der Waals surface area (Å²) in [5.41, 5.74) is 4.60. The van der Waals surface area contributed by atoms with Gasteiger partial charge in [0.05, 0.1) is 5.69 Å². The van der Waals surface area contributed by atoms with E-state index in [-0.39, 0.29) is 0 Å². The summed E-state index contributed by atoms with van der Waals surface area (Å²) in [6, 6.07) is 3.44. The van der Waals surface area contributed by atoms with E-state index >= 15 is 0 Å². The summed E-state index contributed by atoms with van der Waals surface area (Å²) in [6.07, 6.45) is 6.30. The van der Waals surface area contributed by atoms with E-state index < -0.39 is 0 Å². The molecule has 3 heterocycles. The van der Waals surface area contributed by atoms with Crippen LogP contribution in [0.25, 0.3) is 0 Å². The van der Waals surface area contributed by atoms with Crippen LogP contribution in [0.5, 0.6) is 0 Å². The maximum Gasteiger partial charge on any atom is 0.0638 e. The minimum absolute atomic E-state index is 0.425. The van der Waals surface area contributed by atoms with Crippen LogP contribution in [0.2, 0.25) is 0 Å². The Bertz CT molecular complexity index is 697. The molecule has 1 saturated carbocycles. The lowest BCUT2D eigenvalue weighted by atomic mass is 9.93. The molecule has 1 unspecified atom stereocenters. The number of nitrogens with one attached hydrogen (secondary N) is 1. The third kappa shape index (κ3) is 3.55. The molecule has 136 valence electrons. The molecule has 2 fully saturated rings. The number of hydrogen-bond donors (Lipinski definition) is 1. The van der Waals surface area contributed by atoms with Crippen molar-refractivity contribution in [2.75, 3.05) is 13.1 Å². The lowest BCUT2D eigenvalue weighted by Crippen LogP contribution is -2.35. The van der Waals surface area contributed by atoms with E-state index in [4.69, 9.17) is 5.10 Å². The van der Waals surface area contributed by atoms with E-state index in [2.05, 4.69) is 58.7 Å². The van der Waals surface area contributed by atoms with Crippen LogP contribution in [0.3, 0.4) is 0 Å². The second-order valence-corrected chi connectivity index (χ2v) is 8.96. The first-order chi connectivity index (χ1) is 12.1. The lowest BCUT2D eigenvalue weighted by molar-refractivity contribution is 0.188. The van der Waals surface area contributed by atoms with Crippen molar-refractivity contribution in [3.8, 4) is 0 Å². The Balaban J connectivity index is 1.53.